The quantitative estimate of drug-likeness (QED) is 0.240. The lowest BCUT2D eigenvalue weighted by molar-refractivity contribution is -0.137. The zero-order valence-corrected chi connectivity index (χ0v) is 18.0. The number of unbranched alkanes of at least 4 members (excludes halogenated alkanes) is 6. The van der Waals surface area contributed by atoms with Gasteiger partial charge in [-0.1, -0.05) is 57.2 Å². The van der Waals surface area contributed by atoms with Gasteiger partial charge in [0.1, 0.15) is 5.75 Å². The average Bonchev–Trinajstić information content (AvgIpc) is 2.77. The zero-order chi connectivity index (χ0) is 21.4. The summed E-state index contributed by atoms with van der Waals surface area (Å²) in [6.45, 7) is 2.16. The molecule has 5 heteroatoms. The third-order valence-electron chi connectivity index (χ3n) is 5.05. The average molecular weight is 411 g/mol. The van der Waals surface area contributed by atoms with E-state index in [9.17, 15) is 4.79 Å². The molecule has 0 bridgehead atoms. The van der Waals surface area contributed by atoms with Crippen LogP contribution in [0, 0.1) is 0 Å². The van der Waals surface area contributed by atoms with Crippen LogP contribution in [0.25, 0.3) is 0 Å². The molecule has 0 saturated heterocycles. The monoisotopic (exact) mass is 410 g/mol. The molecule has 1 atom stereocenters. The van der Waals surface area contributed by atoms with Crippen molar-refractivity contribution in [1.82, 2.24) is 0 Å². The molecule has 0 fully saturated rings. The van der Waals surface area contributed by atoms with Crippen molar-refractivity contribution in [2.45, 2.75) is 77.2 Å². The van der Waals surface area contributed by atoms with E-state index in [1.54, 1.807) is 0 Å². The summed E-state index contributed by atoms with van der Waals surface area (Å²) in [5, 5.41) is 17.1. The van der Waals surface area contributed by atoms with Crippen molar-refractivity contribution >= 4 is 17.3 Å². The number of carbonyl (C=O) groups is 1. The maximum atomic E-state index is 10.5. The molecule has 1 unspecified atom stereocenters. The summed E-state index contributed by atoms with van der Waals surface area (Å²) in [6.07, 6.45) is 10.3. The minimum atomic E-state index is -0.688. The van der Waals surface area contributed by atoms with Gasteiger partial charge in [0.15, 0.2) is 0 Å². The Morgan fingerprint density at radius 1 is 0.833 bits per heavy atom. The normalized spacial score (nSPS) is 12.2. The smallest absolute Gasteiger partial charge is 0.303 e. The largest absolute Gasteiger partial charge is 0.490 e. The number of rotatable bonds is 15. The van der Waals surface area contributed by atoms with Crippen LogP contribution in [0.5, 0.6) is 5.75 Å². The van der Waals surface area contributed by atoms with Gasteiger partial charge in [0, 0.05) is 6.42 Å². The molecule has 0 heterocycles. The van der Waals surface area contributed by atoms with Gasteiger partial charge in [-0.2, -0.15) is 10.2 Å². The predicted octanol–water partition coefficient (Wildman–Crippen LogP) is 7.85. The molecule has 0 radical (unpaired) electrons. The maximum absolute atomic E-state index is 10.5. The van der Waals surface area contributed by atoms with Crippen LogP contribution < -0.4 is 4.74 Å². The van der Waals surface area contributed by atoms with Crippen LogP contribution in [-0.2, 0) is 4.79 Å². The third-order valence-corrected chi connectivity index (χ3v) is 5.05. The summed E-state index contributed by atoms with van der Waals surface area (Å²) < 4.78 is 6.14. The Balaban J connectivity index is 1.63. The molecule has 0 aliphatic rings. The van der Waals surface area contributed by atoms with Gasteiger partial charge < -0.3 is 9.84 Å². The van der Waals surface area contributed by atoms with E-state index in [4.69, 9.17) is 9.84 Å². The van der Waals surface area contributed by atoms with Gasteiger partial charge in [-0.25, -0.2) is 0 Å². The number of carboxylic acids is 1. The molecule has 30 heavy (non-hydrogen) atoms. The highest BCUT2D eigenvalue weighted by Gasteiger charge is 2.08. The van der Waals surface area contributed by atoms with Crippen LogP contribution in [0.2, 0.25) is 0 Å². The number of carboxylic acid groups (broad SMARTS) is 1. The number of ether oxygens (including phenoxy) is 1. The van der Waals surface area contributed by atoms with E-state index in [0.717, 1.165) is 55.6 Å². The van der Waals surface area contributed by atoms with E-state index < -0.39 is 5.97 Å². The fraction of sp³-hybridized carbons (Fsp3) is 0.480. The third kappa shape index (κ3) is 10.2. The van der Waals surface area contributed by atoms with Crippen LogP contribution >= 0.6 is 0 Å². The molecule has 0 amide bonds. The SMILES string of the molecule is CCC(CCCCCCCCCC(=O)O)Oc1ccc(N=Nc2ccccc2)cc1. The van der Waals surface area contributed by atoms with E-state index in [1.807, 2.05) is 54.6 Å². The van der Waals surface area contributed by atoms with Crippen LogP contribution in [0.1, 0.15) is 71.1 Å². The Hall–Kier alpha value is -2.69. The molecule has 2 aromatic carbocycles. The molecule has 0 saturated carbocycles. The van der Waals surface area contributed by atoms with Gasteiger partial charge in [0.25, 0.3) is 0 Å². The van der Waals surface area contributed by atoms with Crippen molar-refractivity contribution in [3.63, 3.8) is 0 Å². The van der Waals surface area contributed by atoms with Crippen molar-refractivity contribution in [1.29, 1.82) is 0 Å². The van der Waals surface area contributed by atoms with Crippen molar-refractivity contribution < 1.29 is 14.6 Å². The van der Waals surface area contributed by atoms with Crippen molar-refractivity contribution in [3.8, 4) is 5.75 Å². The highest BCUT2D eigenvalue weighted by atomic mass is 16.5. The van der Waals surface area contributed by atoms with E-state index in [1.165, 1.54) is 19.3 Å². The summed E-state index contributed by atoms with van der Waals surface area (Å²) in [5.41, 5.74) is 1.65. The lowest BCUT2D eigenvalue weighted by Gasteiger charge is -2.17. The number of aliphatic carboxylic acids is 1. The fourth-order valence-electron chi connectivity index (χ4n) is 3.27. The minimum Gasteiger partial charge on any atom is -0.490 e. The Morgan fingerprint density at radius 3 is 2.00 bits per heavy atom. The molecule has 0 aromatic heterocycles. The first-order valence-corrected chi connectivity index (χ1v) is 11.1. The number of azo groups is 1. The second-order valence-electron chi connectivity index (χ2n) is 7.58. The summed E-state index contributed by atoms with van der Waals surface area (Å²) >= 11 is 0. The molecule has 0 aliphatic heterocycles. The molecule has 5 nitrogen and oxygen atoms in total. The van der Waals surface area contributed by atoms with E-state index in [0.29, 0.717) is 6.42 Å². The molecule has 1 N–H and O–H groups in total. The molecular weight excluding hydrogens is 376 g/mol. The van der Waals surface area contributed by atoms with Crippen molar-refractivity contribution in [3.05, 3.63) is 54.6 Å². The molecule has 2 rings (SSSR count). The van der Waals surface area contributed by atoms with Crippen molar-refractivity contribution in [2.75, 3.05) is 0 Å². The van der Waals surface area contributed by atoms with Gasteiger partial charge in [-0.3, -0.25) is 4.79 Å². The Labute approximate surface area is 180 Å². The lowest BCUT2D eigenvalue weighted by Crippen LogP contribution is -2.15. The number of nitrogens with zero attached hydrogens (tertiary/aromatic N) is 2. The summed E-state index contributed by atoms with van der Waals surface area (Å²) in [4.78, 5) is 10.5. The standard InChI is InChI=1S/C25H34N2O3/c1-2-23(15-11-6-4-3-5-7-12-16-25(28)29)30-24-19-17-22(18-20-24)27-26-21-13-9-8-10-14-21/h8-10,13-14,17-20,23H,2-7,11-12,15-16H2,1H3,(H,28,29). The number of hydrogen-bond donors (Lipinski definition) is 1. The minimum absolute atomic E-state index is 0.234. The first-order chi connectivity index (χ1) is 14.7. The van der Waals surface area contributed by atoms with Crippen LogP contribution in [0.4, 0.5) is 11.4 Å². The van der Waals surface area contributed by atoms with Gasteiger partial charge in [0.05, 0.1) is 17.5 Å². The number of benzene rings is 2. The molecule has 0 aliphatic carbocycles. The van der Waals surface area contributed by atoms with Gasteiger partial charge in [0.2, 0.25) is 0 Å². The summed E-state index contributed by atoms with van der Waals surface area (Å²) in [5.74, 6) is 0.186. The summed E-state index contributed by atoms with van der Waals surface area (Å²) in [7, 11) is 0. The first-order valence-electron chi connectivity index (χ1n) is 11.1. The Kier molecular flexibility index (Phi) is 11.3. The Morgan fingerprint density at radius 2 is 1.40 bits per heavy atom. The first kappa shape index (κ1) is 23.6. The topological polar surface area (TPSA) is 71.2 Å². The lowest BCUT2D eigenvalue weighted by atomic mass is 10.0. The summed E-state index contributed by atoms with van der Waals surface area (Å²) in [6, 6.07) is 17.5. The highest BCUT2D eigenvalue weighted by molar-refractivity contribution is 5.66. The van der Waals surface area contributed by atoms with Crippen LogP contribution in [-0.4, -0.2) is 17.2 Å². The van der Waals surface area contributed by atoms with Crippen molar-refractivity contribution in [2.24, 2.45) is 10.2 Å². The van der Waals surface area contributed by atoms with Crippen LogP contribution in [0.3, 0.4) is 0 Å². The van der Waals surface area contributed by atoms with Gasteiger partial charge in [-0.05, 0) is 62.1 Å². The van der Waals surface area contributed by atoms with E-state index in [2.05, 4.69) is 17.2 Å². The molecular formula is C25H34N2O3. The second kappa shape index (κ2) is 14.3. The Bertz CT molecular complexity index is 745. The zero-order valence-electron chi connectivity index (χ0n) is 18.0. The second-order valence-corrected chi connectivity index (χ2v) is 7.58. The molecule has 0 spiro atoms. The van der Waals surface area contributed by atoms with Gasteiger partial charge >= 0.3 is 5.97 Å². The number of hydrogen-bond acceptors (Lipinski definition) is 4. The van der Waals surface area contributed by atoms with Crippen LogP contribution in [0.15, 0.2) is 64.8 Å². The molecule has 2 aromatic rings. The molecule has 162 valence electrons. The van der Waals surface area contributed by atoms with E-state index >= 15 is 0 Å². The van der Waals surface area contributed by atoms with E-state index in [-0.39, 0.29) is 6.10 Å². The fourth-order valence-corrected chi connectivity index (χ4v) is 3.27. The highest BCUT2D eigenvalue weighted by Crippen LogP contribution is 2.23. The van der Waals surface area contributed by atoms with Gasteiger partial charge in [-0.15, -0.1) is 0 Å². The predicted molar refractivity (Wildman–Crippen MR) is 121 cm³/mol. The maximum Gasteiger partial charge on any atom is 0.303 e.